The van der Waals surface area contributed by atoms with Gasteiger partial charge in [0.15, 0.2) is 0 Å². The molecule has 0 saturated carbocycles. The van der Waals surface area contributed by atoms with E-state index in [4.69, 9.17) is 0 Å². The average molecular weight is 253 g/mol. The lowest BCUT2D eigenvalue weighted by Crippen LogP contribution is -2.50. The Bertz CT molecular complexity index is 254. The Morgan fingerprint density at radius 2 is 2.00 bits per heavy atom. The predicted molar refractivity (Wildman–Crippen MR) is 77.9 cm³/mol. The fourth-order valence-corrected chi connectivity index (χ4v) is 3.35. The van der Waals surface area contributed by atoms with Crippen LogP contribution >= 0.6 is 0 Å². The molecule has 0 aliphatic carbocycles. The first kappa shape index (κ1) is 14.3. The highest BCUT2D eigenvalue weighted by molar-refractivity contribution is 4.87. The fraction of sp³-hybridized carbons (Fsp3) is 1.00. The summed E-state index contributed by atoms with van der Waals surface area (Å²) in [5, 5.41) is 3.72. The third-order valence-corrected chi connectivity index (χ3v) is 4.96. The zero-order valence-electron chi connectivity index (χ0n) is 12.7. The first-order valence-corrected chi connectivity index (χ1v) is 7.75. The van der Waals surface area contributed by atoms with Crippen molar-refractivity contribution in [3.05, 3.63) is 0 Å². The zero-order chi connectivity index (χ0) is 13.1. The standard InChI is InChI=1S/C15H31N3/c1-12(2)15-11-18(8-5-7-16-15)14-6-9-17(4)13(3)10-14/h12-16H,5-11H2,1-4H3. The van der Waals surface area contributed by atoms with E-state index < -0.39 is 0 Å². The van der Waals surface area contributed by atoms with Gasteiger partial charge in [0, 0.05) is 24.7 Å². The Morgan fingerprint density at radius 3 is 2.67 bits per heavy atom. The summed E-state index contributed by atoms with van der Waals surface area (Å²) in [5.74, 6) is 0.745. The van der Waals surface area contributed by atoms with E-state index in [1.807, 2.05) is 0 Å². The van der Waals surface area contributed by atoms with Crippen molar-refractivity contribution >= 4 is 0 Å². The lowest BCUT2D eigenvalue weighted by atomic mass is 9.96. The summed E-state index contributed by atoms with van der Waals surface area (Å²) in [6.07, 6.45) is 4.01. The van der Waals surface area contributed by atoms with Crippen molar-refractivity contribution in [1.29, 1.82) is 0 Å². The summed E-state index contributed by atoms with van der Waals surface area (Å²) in [7, 11) is 2.27. The van der Waals surface area contributed by atoms with Gasteiger partial charge in [0.05, 0.1) is 0 Å². The minimum Gasteiger partial charge on any atom is -0.312 e. The van der Waals surface area contributed by atoms with E-state index in [1.54, 1.807) is 0 Å². The lowest BCUT2D eigenvalue weighted by molar-refractivity contribution is 0.0833. The summed E-state index contributed by atoms with van der Waals surface area (Å²) >= 11 is 0. The Hall–Kier alpha value is -0.120. The van der Waals surface area contributed by atoms with E-state index in [9.17, 15) is 0 Å². The Labute approximate surface area is 113 Å². The maximum absolute atomic E-state index is 3.72. The molecule has 2 aliphatic heterocycles. The van der Waals surface area contributed by atoms with Crippen LogP contribution in [0.15, 0.2) is 0 Å². The molecule has 2 saturated heterocycles. The Kier molecular flexibility index (Phi) is 5.05. The van der Waals surface area contributed by atoms with Gasteiger partial charge in [-0.05, 0) is 58.8 Å². The molecular weight excluding hydrogens is 222 g/mol. The van der Waals surface area contributed by atoms with Gasteiger partial charge in [-0.2, -0.15) is 0 Å². The smallest absolute Gasteiger partial charge is 0.0218 e. The van der Waals surface area contributed by atoms with Crippen molar-refractivity contribution in [2.24, 2.45) is 5.92 Å². The maximum atomic E-state index is 3.72. The van der Waals surface area contributed by atoms with Crippen LogP contribution < -0.4 is 5.32 Å². The summed E-state index contributed by atoms with van der Waals surface area (Å²) in [4.78, 5) is 5.28. The molecule has 0 bridgehead atoms. The highest BCUT2D eigenvalue weighted by Crippen LogP contribution is 2.22. The van der Waals surface area contributed by atoms with Crippen LogP contribution in [0.3, 0.4) is 0 Å². The lowest BCUT2D eigenvalue weighted by Gasteiger charge is -2.41. The minimum atomic E-state index is 0.683. The van der Waals surface area contributed by atoms with Crippen molar-refractivity contribution in [2.45, 2.75) is 58.2 Å². The molecule has 0 spiro atoms. The zero-order valence-corrected chi connectivity index (χ0v) is 12.7. The second-order valence-corrected chi connectivity index (χ2v) is 6.66. The molecular formula is C15H31N3. The molecule has 2 aliphatic rings. The number of nitrogens with zero attached hydrogens (tertiary/aromatic N) is 2. The topological polar surface area (TPSA) is 18.5 Å². The monoisotopic (exact) mass is 253 g/mol. The second kappa shape index (κ2) is 6.36. The number of hydrogen-bond acceptors (Lipinski definition) is 3. The summed E-state index contributed by atoms with van der Waals surface area (Å²) in [5.41, 5.74) is 0. The van der Waals surface area contributed by atoms with E-state index >= 15 is 0 Å². The SMILES string of the molecule is CC(C)C1CN(C2CCN(C)C(C)C2)CCCN1. The average Bonchev–Trinajstić information content (AvgIpc) is 2.58. The number of hydrogen-bond donors (Lipinski definition) is 1. The first-order chi connectivity index (χ1) is 8.58. The maximum Gasteiger partial charge on any atom is 0.0218 e. The fourth-order valence-electron chi connectivity index (χ4n) is 3.35. The second-order valence-electron chi connectivity index (χ2n) is 6.66. The van der Waals surface area contributed by atoms with E-state index in [2.05, 4.69) is 42.9 Å². The highest BCUT2D eigenvalue weighted by atomic mass is 15.2. The molecule has 0 aromatic heterocycles. The molecule has 2 rings (SSSR count). The molecule has 2 heterocycles. The van der Waals surface area contributed by atoms with Crippen LogP contribution in [0.2, 0.25) is 0 Å². The molecule has 3 nitrogen and oxygen atoms in total. The third-order valence-electron chi connectivity index (χ3n) is 4.96. The van der Waals surface area contributed by atoms with Crippen LogP contribution in [0.25, 0.3) is 0 Å². The number of likely N-dealkylation sites (tertiary alicyclic amines) is 1. The van der Waals surface area contributed by atoms with Crippen molar-refractivity contribution in [3.63, 3.8) is 0 Å². The molecule has 0 aromatic rings. The molecule has 3 atom stereocenters. The van der Waals surface area contributed by atoms with Crippen molar-refractivity contribution in [2.75, 3.05) is 33.2 Å². The van der Waals surface area contributed by atoms with E-state index in [-0.39, 0.29) is 0 Å². The number of rotatable bonds is 2. The van der Waals surface area contributed by atoms with Gasteiger partial charge in [-0.25, -0.2) is 0 Å². The van der Waals surface area contributed by atoms with Gasteiger partial charge in [-0.15, -0.1) is 0 Å². The highest BCUT2D eigenvalue weighted by Gasteiger charge is 2.30. The van der Waals surface area contributed by atoms with Crippen LogP contribution in [0.1, 0.15) is 40.0 Å². The van der Waals surface area contributed by atoms with Gasteiger partial charge in [-0.3, -0.25) is 4.90 Å². The number of nitrogens with one attached hydrogen (secondary N) is 1. The van der Waals surface area contributed by atoms with E-state index in [0.29, 0.717) is 6.04 Å². The van der Waals surface area contributed by atoms with Gasteiger partial charge in [0.2, 0.25) is 0 Å². The van der Waals surface area contributed by atoms with E-state index in [0.717, 1.165) is 18.0 Å². The van der Waals surface area contributed by atoms with Crippen molar-refractivity contribution in [3.8, 4) is 0 Å². The van der Waals surface area contributed by atoms with E-state index in [1.165, 1.54) is 45.4 Å². The normalized spacial score (nSPS) is 36.8. The van der Waals surface area contributed by atoms with Crippen molar-refractivity contribution in [1.82, 2.24) is 15.1 Å². The minimum absolute atomic E-state index is 0.683. The first-order valence-electron chi connectivity index (χ1n) is 7.75. The largest absolute Gasteiger partial charge is 0.312 e. The van der Waals surface area contributed by atoms with Gasteiger partial charge in [0.25, 0.3) is 0 Å². The molecule has 0 amide bonds. The van der Waals surface area contributed by atoms with Crippen LogP contribution in [0.5, 0.6) is 0 Å². The van der Waals surface area contributed by atoms with Crippen LogP contribution in [0, 0.1) is 5.92 Å². The van der Waals surface area contributed by atoms with Crippen LogP contribution in [-0.2, 0) is 0 Å². The molecule has 3 unspecified atom stereocenters. The third kappa shape index (κ3) is 3.46. The van der Waals surface area contributed by atoms with Gasteiger partial charge >= 0.3 is 0 Å². The predicted octanol–water partition coefficient (Wildman–Crippen LogP) is 1.79. The molecule has 106 valence electrons. The van der Waals surface area contributed by atoms with Gasteiger partial charge in [-0.1, -0.05) is 13.8 Å². The molecule has 0 radical (unpaired) electrons. The molecule has 1 N–H and O–H groups in total. The Morgan fingerprint density at radius 1 is 1.22 bits per heavy atom. The van der Waals surface area contributed by atoms with Gasteiger partial charge in [0.1, 0.15) is 0 Å². The molecule has 18 heavy (non-hydrogen) atoms. The number of piperidine rings is 1. The molecule has 0 aromatic carbocycles. The molecule has 2 fully saturated rings. The Balaban J connectivity index is 1.94. The molecule has 3 heteroatoms. The van der Waals surface area contributed by atoms with Gasteiger partial charge < -0.3 is 10.2 Å². The quantitative estimate of drug-likeness (QED) is 0.809. The van der Waals surface area contributed by atoms with Crippen LogP contribution in [0.4, 0.5) is 0 Å². The van der Waals surface area contributed by atoms with Crippen molar-refractivity contribution < 1.29 is 0 Å². The summed E-state index contributed by atoms with van der Waals surface area (Å²) in [6, 6.07) is 2.25. The summed E-state index contributed by atoms with van der Waals surface area (Å²) in [6.45, 7) is 12.1. The van der Waals surface area contributed by atoms with Crippen LogP contribution in [-0.4, -0.2) is 61.2 Å². The summed E-state index contributed by atoms with van der Waals surface area (Å²) < 4.78 is 0.